The largest absolute Gasteiger partial charge is 0.496 e. The van der Waals surface area contributed by atoms with Crippen LogP contribution in [-0.4, -0.2) is 13.2 Å². The topological polar surface area (TPSA) is 61.3 Å². The second-order valence-corrected chi connectivity index (χ2v) is 4.50. The minimum atomic E-state index is 0.00426. The SMILES string of the molecule is COc1cc(C)c(C(N)CC(C)N)cc1C. The highest BCUT2D eigenvalue weighted by Crippen LogP contribution is 2.27. The fourth-order valence-corrected chi connectivity index (χ4v) is 1.96. The number of hydrogen-bond acceptors (Lipinski definition) is 3. The molecule has 0 aliphatic carbocycles. The molecule has 2 unspecified atom stereocenters. The van der Waals surface area contributed by atoms with Gasteiger partial charge in [0.25, 0.3) is 0 Å². The normalized spacial score (nSPS) is 14.6. The van der Waals surface area contributed by atoms with Gasteiger partial charge < -0.3 is 16.2 Å². The van der Waals surface area contributed by atoms with Crippen molar-refractivity contribution in [1.29, 1.82) is 0 Å². The molecule has 0 heterocycles. The molecular weight excluding hydrogens is 200 g/mol. The Morgan fingerprint density at radius 3 is 2.31 bits per heavy atom. The molecular formula is C13H22N2O. The smallest absolute Gasteiger partial charge is 0.122 e. The maximum absolute atomic E-state index is 6.14. The second kappa shape index (κ2) is 5.32. The highest BCUT2D eigenvalue weighted by atomic mass is 16.5. The van der Waals surface area contributed by atoms with E-state index in [1.54, 1.807) is 7.11 Å². The number of ether oxygens (including phenoxy) is 1. The Hall–Kier alpha value is -1.06. The van der Waals surface area contributed by atoms with Crippen LogP contribution in [0, 0.1) is 13.8 Å². The monoisotopic (exact) mass is 222 g/mol. The number of hydrogen-bond donors (Lipinski definition) is 2. The van der Waals surface area contributed by atoms with Crippen molar-refractivity contribution in [2.75, 3.05) is 7.11 Å². The molecule has 3 nitrogen and oxygen atoms in total. The molecule has 16 heavy (non-hydrogen) atoms. The van der Waals surface area contributed by atoms with Gasteiger partial charge in [-0.3, -0.25) is 0 Å². The zero-order chi connectivity index (χ0) is 12.3. The summed E-state index contributed by atoms with van der Waals surface area (Å²) in [5.41, 5.74) is 15.3. The fourth-order valence-electron chi connectivity index (χ4n) is 1.96. The van der Waals surface area contributed by atoms with Gasteiger partial charge in [0, 0.05) is 12.1 Å². The van der Waals surface area contributed by atoms with Gasteiger partial charge in [0.05, 0.1) is 7.11 Å². The molecule has 0 saturated carbocycles. The van der Waals surface area contributed by atoms with E-state index in [2.05, 4.69) is 13.0 Å². The molecule has 0 bridgehead atoms. The van der Waals surface area contributed by atoms with Gasteiger partial charge in [-0.25, -0.2) is 0 Å². The first-order valence-electron chi connectivity index (χ1n) is 5.62. The zero-order valence-corrected chi connectivity index (χ0v) is 10.6. The number of methoxy groups -OCH3 is 1. The molecule has 0 radical (unpaired) electrons. The summed E-state index contributed by atoms with van der Waals surface area (Å²) in [6.07, 6.45) is 0.798. The number of rotatable bonds is 4. The summed E-state index contributed by atoms with van der Waals surface area (Å²) >= 11 is 0. The van der Waals surface area contributed by atoms with Gasteiger partial charge in [0.2, 0.25) is 0 Å². The summed E-state index contributed by atoms with van der Waals surface area (Å²) in [4.78, 5) is 0. The van der Waals surface area contributed by atoms with Crippen molar-refractivity contribution in [2.45, 2.75) is 39.3 Å². The average Bonchev–Trinajstić information content (AvgIpc) is 2.19. The van der Waals surface area contributed by atoms with Crippen molar-refractivity contribution in [2.24, 2.45) is 11.5 Å². The van der Waals surface area contributed by atoms with Crippen LogP contribution in [0.1, 0.15) is 36.1 Å². The Labute approximate surface area is 97.8 Å². The maximum Gasteiger partial charge on any atom is 0.122 e. The fraction of sp³-hybridized carbons (Fsp3) is 0.538. The summed E-state index contributed by atoms with van der Waals surface area (Å²) in [7, 11) is 1.68. The Bertz CT molecular complexity index is 361. The van der Waals surface area contributed by atoms with Gasteiger partial charge in [-0.1, -0.05) is 6.07 Å². The number of benzene rings is 1. The molecule has 1 aromatic rings. The first-order valence-corrected chi connectivity index (χ1v) is 5.62. The standard InChI is InChI=1S/C13H22N2O/c1-8-6-13(16-4)9(2)5-11(8)12(15)7-10(3)14/h5-6,10,12H,7,14-15H2,1-4H3. The predicted octanol–water partition coefficient (Wildman–Crippen LogP) is 2.05. The Balaban J connectivity index is 3.01. The van der Waals surface area contributed by atoms with Gasteiger partial charge in [-0.2, -0.15) is 0 Å². The molecule has 4 N–H and O–H groups in total. The van der Waals surface area contributed by atoms with E-state index in [1.807, 2.05) is 19.9 Å². The van der Waals surface area contributed by atoms with Gasteiger partial charge >= 0.3 is 0 Å². The third-order valence-electron chi connectivity index (χ3n) is 2.81. The average molecular weight is 222 g/mol. The molecule has 0 aromatic heterocycles. The van der Waals surface area contributed by atoms with Crippen LogP contribution < -0.4 is 16.2 Å². The van der Waals surface area contributed by atoms with E-state index in [1.165, 1.54) is 0 Å². The molecule has 0 spiro atoms. The van der Waals surface area contributed by atoms with E-state index >= 15 is 0 Å². The van der Waals surface area contributed by atoms with Crippen molar-refractivity contribution < 1.29 is 4.74 Å². The summed E-state index contributed by atoms with van der Waals surface area (Å²) in [6.45, 7) is 6.06. The van der Waals surface area contributed by atoms with E-state index < -0.39 is 0 Å². The van der Waals surface area contributed by atoms with E-state index in [9.17, 15) is 0 Å². The predicted molar refractivity (Wildman–Crippen MR) is 67.7 cm³/mol. The van der Waals surface area contributed by atoms with Crippen LogP contribution in [0.3, 0.4) is 0 Å². The molecule has 1 rings (SSSR count). The van der Waals surface area contributed by atoms with E-state index in [4.69, 9.17) is 16.2 Å². The molecule has 2 atom stereocenters. The lowest BCUT2D eigenvalue weighted by Gasteiger charge is -2.18. The summed E-state index contributed by atoms with van der Waals surface area (Å²) in [6, 6.07) is 4.26. The molecule has 0 amide bonds. The minimum Gasteiger partial charge on any atom is -0.496 e. The van der Waals surface area contributed by atoms with Crippen LogP contribution in [0.4, 0.5) is 0 Å². The van der Waals surface area contributed by atoms with Crippen LogP contribution in [0.5, 0.6) is 5.75 Å². The van der Waals surface area contributed by atoms with E-state index in [0.29, 0.717) is 0 Å². The first-order chi connectivity index (χ1) is 7.45. The van der Waals surface area contributed by atoms with Crippen LogP contribution in [0.2, 0.25) is 0 Å². The Kier molecular flexibility index (Phi) is 4.33. The van der Waals surface area contributed by atoms with Gasteiger partial charge in [0.1, 0.15) is 5.75 Å². The summed E-state index contributed by atoms with van der Waals surface area (Å²) < 4.78 is 5.28. The van der Waals surface area contributed by atoms with Crippen molar-refractivity contribution >= 4 is 0 Å². The summed E-state index contributed by atoms with van der Waals surface area (Å²) in [5.74, 6) is 0.911. The lowest BCUT2D eigenvalue weighted by Crippen LogP contribution is -2.23. The highest BCUT2D eigenvalue weighted by molar-refractivity contribution is 5.42. The maximum atomic E-state index is 6.14. The van der Waals surface area contributed by atoms with Gasteiger partial charge in [0.15, 0.2) is 0 Å². The highest BCUT2D eigenvalue weighted by Gasteiger charge is 2.13. The number of aryl methyl sites for hydroxylation is 2. The number of nitrogens with two attached hydrogens (primary N) is 2. The Morgan fingerprint density at radius 1 is 1.19 bits per heavy atom. The third-order valence-corrected chi connectivity index (χ3v) is 2.81. The Morgan fingerprint density at radius 2 is 1.81 bits per heavy atom. The van der Waals surface area contributed by atoms with E-state index in [-0.39, 0.29) is 12.1 Å². The second-order valence-electron chi connectivity index (χ2n) is 4.50. The molecule has 0 saturated heterocycles. The van der Waals surface area contributed by atoms with Crippen LogP contribution in [0.15, 0.2) is 12.1 Å². The van der Waals surface area contributed by atoms with Crippen molar-refractivity contribution in [3.63, 3.8) is 0 Å². The molecule has 90 valence electrons. The van der Waals surface area contributed by atoms with E-state index in [0.717, 1.165) is 28.9 Å². The van der Waals surface area contributed by atoms with Crippen molar-refractivity contribution in [3.8, 4) is 5.75 Å². The molecule has 0 fully saturated rings. The zero-order valence-electron chi connectivity index (χ0n) is 10.6. The lowest BCUT2D eigenvalue weighted by atomic mass is 9.95. The first kappa shape index (κ1) is 13.0. The molecule has 1 aromatic carbocycles. The van der Waals surface area contributed by atoms with Gasteiger partial charge in [-0.15, -0.1) is 0 Å². The summed E-state index contributed by atoms with van der Waals surface area (Å²) in [5, 5.41) is 0. The molecule has 0 aliphatic rings. The van der Waals surface area contributed by atoms with Crippen LogP contribution in [0.25, 0.3) is 0 Å². The quantitative estimate of drug-likeness (QED) is 0.819. The third kappa shape index (κ3) is 2.97. The van der Waals surface area contributed by atoms with Crippen molar-refractivity contribution in [3.05, 3.63) is 28.8 Å². The van der Waals surface area contributed by atoms with Crippen molar-refractivity contribution in [1.82, 2.24) is 0 Å². The van der Waals surface area contributed by atoms with Crippen LogP contribution >= 0.6 is 0 Å². The lowest BCUT2D eigenvalue weighted by molar-refractivity contribution is 0.411. The minimum absolute atomic E-state index is 0.00426. The van der Waals surface area contributed by atoms with Crippen LogP contribution in [-0.2, 0) is 0 Å². The van der Waals surface area contributed by atoms with Gasteiger partial charge in [-0.05, 0) is 49.9 Å². The molecule has 3 heteroatoms. The molecule has 0 aliphatic heterocycles.